The van der Waals surface area contributed by atoms with Gasteiger partial charge in [-0.3, -0.25) is 76.7 Å². The molecule has 0 aromatic carbocycles. The van der Waals surface area contributed by atoms with Crippen LogP contribution in [0.2, 0.25) is 0 Å². The first-order chi connectivity index (χ1) is 43.0. The summed E-state index contributed by atoms with van der Waals surface area (Å²) in [5.74, 6) is -16.7. The van der Waals surface area contributed by atoms with Crippen LogP contribution in [-0.4, -0.2) is 256 Å². The van der Waals surface area contributed by atoms with E-state index in [0.29, 0.717) is 0 Å². The van der Waals surface area contributed by atoms with Crippen molar-refractivity contribution in [3.63, 3.8) is 0 Å². The van der Waals surface area contributed by atoms with Crippen molar-refractivity contribution in [2.45, 2.75) is 193 Å². The van der Waals surface area contributed by atoms with E-state index in [1.165, 1.54) is 0 Å². The summed E-state index contributed by atoms with van der Waals surface area (Å²) in [6, 6.07) is -11.2. The average Bonchev–Trinajstić information content (AvgIpc) is 0.813. The van der Waals surface area contributed by atoms with Gasteiger partial charge in [0.05, 0.1) is 19.8 Å². The van der Waals surface area contributed by atoms with E-state index < -0.39 is 251 Å². The smallest absolute Gasteiger partial charge is 0.322 e. The van der Waals surface area contributed by atoms with E-state index in [2.05, 4.69) is 26.6 Å². The van der Waals surface area contributed by atoms with Crippen LogP contribution in [0.4, 0.5) is 0 Å². The lowest BCUT2D eigenvalue weighted by Gasteiger charge is -2.45. The number of hydrogen-bond acceptors (Lipinski definition) is 32. The van der Waals surface area contributed by atoms with Crippen molar-refractivity contribution in [1.82, 2.24) is 31.9 Å². The Hall–Kier alpha value is -8.76. The predicted molar refractivity (Wildman–Crippen MR) is 292 cm³/mol. The van der Waals surface area contributed by atoms with Crippen LogP contribution in [0.15, 0.2) is 0 Å². The van der Waals surface area contributed by atoms with Crippen LogP contribution in [0, 0.1) is 0 Å². The molecule has 3 aliphatic heterocycles. The Morgan fingerprint density at radius 1 is 0.380 bits per heavy atom. The van der Waals surface area contributed by atoms with Gasteiger partial charge in [0, 0.05) is 83.1 Å². The molecule has 0 aromatic rings. The summed E-state index contributed by atoms with van der Waals surface area (Å²) in [4.78, 5) is 204. The lowest BCUT2D eigenvalue weighted by Crippen LogP contribution is -2.67. The molecule has 92 heavy (non-hydrogen) atoms. The molecule has 39 nitrogen and oxygen atoms in total. The second-order valence-electron chi connectivity index (χ2n) is 20.5. The molecule has 0 aliphatic carbocycles. The average molecular weight is 1320 g/mol. The molecule has 39 heteroatoms. The monoisotopic (exact) mass is 1320 g/mol. The highest BCUT2D eigenvalue weighted by atomic mass is 16.7. The molecular weight excluding hydrogens is 1250 g/mol. The van der Waals surface area contributed by atoms with Gasteiger partial charge in [-0.2, -0.15) is 0 Å². The van der Waals surface area contributed by atoms with Crippen LogP contribution in [0.25, 0.3) is 0 Å². The van der Waals surface area contributed by atoms with E-state index in [0.717, 1.165) is 83.1 Å². The minimum atomic E-state index is -2.19. The van der Waals surface area contributed by atoms with Crippen molar-refractivity contribution in [1.29, 1.82) is 0 Å². The van der Waals surface area contributed by atoms with E-state index in [4.69, 9.17) is 76.8 Å². The summed E-state index contributed by atoms with van der Waals surface area (Å²) < 4.78 is 83.9. The topological polar surface area (TPSA) is 530 Å². The number of rotatable bonds is 31. The summed E-state index contributed by atoms with van der Waals surface area (Å²) in [5.41, 5.74) is 6.35. The van der Waals surface area contributed by atoms with E-state index >= 15 is 0 Å². The fraction of sp³-hybridized carbons (Fsp3) is 0.698. The molecule has 3 aliphatic rings. The molecule has 516 valence electrons. The van der Waals surface area contributed by atoms with Gasteiger partial charge in [0.15, 0.2) is 55.5 Å². The summed E-state index contributed by atoms with van der Waals surface area (Å²) in [6.45, 7) is 5.40. The Labute approximate surface area is 523 Å². The summed E-state index contributed by atoms with van der Waals surface area (Å²) in [5, 5.41) is 23.4. The van der Waals surface area contributed by atoms with Gasteiger partial charge >= 0.3 is 59.7 Å². The fourth-order valence-corrected chi connectivity index (χ4v) is 9.16. The third kappa shape index (κ3) is 25.9. The number of hydrogen-bond donors (Lipinski definition) is 8. The Kier molecular flexibility index (Phi) is 31.1. The SMILES string of the molecule is CC(=O)N[C@H]1[C@@H](OC[C@H](NC(=O)[C@H](CO[C@H]2O[C@H](COC(C)=O)[C@H](OC(C)=O)[C@H](OC(C)=O)[C@H]2NC(C)=O)NC(=O)[C@@H](N)CO[C@H]2O[C@H](COC(C)=O)[C@H](OC(C)=O)[C@H](OC(C)=O)[C@H]2NC(C)=O)C(=O)NCC(=O)O)O[C@H](COC(C)=O)[C@H](OC(C)=O)[C@@H]1OC(C)=O. The van der Waals surface area contributed by atoms with Crippen LogP contribution in [0.1, 0.15) is 83.1 Å². The largest absolute Gasteiger partial charge is 0.480 e. The van der Waals surface area contributed by atoms with Gasteiger partial charge < -0.3 is 114 Å². The van der Waals surface area contributed by atoms with Crippen LogP contribution in [0.5, 0.6) is 0 Å². The zero-order valence-corrected chi connectivity index (χ0v) is 52.0. The van der Waals surface area contributed by atoms with Crippen LogP contribution < -0.4 is 37.6 Å². The number of carbonyl (C=O) groups is 16. The van der Waals surface area contributed by atoms with Crippen molar-refractivity contribution < 1.29 is 153 Å². The first-order valence-electron chi connectivity index (χ1n) is 27.9. The zero-order chi connectivity index (χ0) is 69.4. The second-order valence-corrected chi connectivity index (χ2v) is 20.5. The molecule has 0 radical (unpaired) electrons. The van der Waals surface area contributed by atoms with Gasteiger partial charge in [0.25, 0.3) is 0 Å². The maximum absolute atomic E-state index is 14.9. The number of amides is 6. The van der Waals surface area contributed by atoms with Gasteiger partial charge in [-0.05, 0) is 0 Å². The predicted octanol–water partition coefficient (Wildman–Crippen LogP) is -6.50. The number of carboxylic acid groups (broad SMARTS) is 1. The van der Waals surface area contributed by atoms with Crippen LogP contribution in [0.3, 0.4) is 0 Å². The standard InChI is InChI=1S/C53H77N7O32/c1-20(61)56-39-45(87-29(10)70)42(84-26(7)67)35(17-78-23(4)64)90-51(39)81-14-32(54)48(75)59-34(16-83-53-41(58-22(3)63)47(89-31(12)72)44(86-28(9)69)37(92-53)19-80-25(6)66)50(77)60-33(49(76)55-13-38(73)74)15-82-52-40(57-21(2)62)46(88-30(11)71)43(85-27(8)68)36(91-52)18-79-24(5)65/h32-37,39-47,51-53H,13-19,54H2,1-12H3,(H,55,76)(H,56,61)(H,57,62)(H,58,63)(H,59,75)(H,60,77)(H,73,74)/t32-,33-,34-,35+,36+,37+,39+,40+,41+,42-,43-,44-,45+,46+,47+,51-,52-,53-/m0/s1. The van der Waals surface area contributed by atoms with E-state index in [1.54, 1.807) is 0 Å². The minimum absolute atomic E-state index is 0.670. The van der Waals surface area contributed by atoms with E-state index in [1.807, 2.05) is 5.32 Å². The Bertz CT molecular complexity index is 2710. The second kappa shape index (κ2) is 36.9. The van der Waals surface area contributed by atoms with Gasteiger partial charge in [-0.1, -0.05) is 0 Å². The lowest BCUT2D eigenvalue weighted by molar-refractivity contribution is -0.279. The maximum atomic E-state index is 14.9. The van der Waals surface area contributed by atoms with Crippen LogP contribution >= 0.6 is 0 Å². The highest BCUT2D eigenvalue weighted by Crippen LogP contribution is 2.31. The van der Waals surface area contributed by atoms with E-state index in [-0.39, 0.29) is 0 Å². The van der Waals surface area contributed by atoms with Crippen molar-refractivity contribution in [2.24, 2.45) is 5.73 Å². The van der Waals surface area contributed by atoms with Crippen molar-refractivity contribution in [3.8, 4) is 0 Å². The third-order valence-corrected chi connectivity index (χ3v) is 12.5. The minimum Gasteiger partial charge on any atom is -0.480 e. The molecule has 0 bridgehead atoms. The number of esters is 9. The molecule has 0 aromatic heterocycles. The molecule has 9 N–H and O–H groups in total. The molecule has 6 amide bonds. The summed E-state index contributed by atoms with van der Waals surface area (Å²) >= 11 is 0. The Morgan fingerprint density at radius 2 is 0.652 bits per heavy atom. The lowest BCUT2D eigenvalue weighted by atomic mass is 9.96. The number of nitrogens with two attached hydrogens (primary N) is 1. The van der Waals surface area contributed by atoms with Gasteiger partial charge in [0.2, 0.25) is 35.4 Å². The number of carboxylic acids is 1. The summed E-state index contributed by atoms with van der Waals surface area (Å²) in [7, 11) is 0. The number of aliphatic carboxylic acids is 1. The molecular formula is C53H77N7O32. The molecule has 0 unspecified atom stereocenters. The van der Waals surface area contributed by atoms with Gasteiger partial charge in [-0.25, -0.2) is 0 Å². The molecule has 3 saturated heterocycles. The van der Waals surface area contributed by atoms with Gasteiger partial charge in [0.1, 0.15) is 80.9 Å². The van der Waals surface area contributed by atoms with Gasteiger partial charge in [-0.15, -0.1) is 0 Å². The van der Waals surface area contributed by atoms with E-state index in [9.17, 15) is 81.8 Å². The number of nitrogens with one attached hydrogen (secondary N) is 6. The quantitative estimate of drug-likeness (QED) is 0.0236. The molecule has 3 heterocycles. The van der Waals surface area contributed by atoms with Crippen molar-refractivity contribution in [2.75, 3.05) is 46.2 Å². The number of carbonyl (C=O) groups excluding carboxylic acids is 15. The van der Waals surface area contributed by atoms with Crippen LogP contribution in [-0.2, 0) is 148 Å². The summed E-state index contributed by atoms with van der Waals surface area (Å²) in [6.07, 6.45) is -20.3. The highest BCUT2D eigenvalue weighted by Gasteiger charge is 2.55. The molecule has 0 spiro atoms. The third-order valence-electron chi connectivity index (χ3n) is 12.5. The maximum Gasteiger partial charge on any atom is 0.322 e. The zero-order valence-electron chi connectivity index (χ0n) is 52.0. The van der Waals surface area contributed by atoms with Crippen molar-refractivity contribution in [3.05, 3.63) is 0 Å². The number of ether oxygens (including phenoxy) is 15. The first kappa shape index (κ1) is 77.5. The van der Waals surface area contributed by atoms with Crippen molar-refractivity contribution >= 4 is 95.1 Å². The molecule has 18 atom stereocenters. The first-order valence-corrected chi connectivity index (χ1v) is 27.9. The molecule has 0 saturated carbocycles. The highest BCUT2D eigenvalue weighted by molar-refractivity contribution is 5.94. The Morgan fingerprint density at radius 3 is 0.924 bits per heavy atom. The molecule has 3 fully saturated rings. The Balaban J connectivity index is 2.23. The molecule has 3 rings (SSSR count). The fourth-order valence-electron chi connectivity index (χ4n) is 9.16. The normalized spacial score (nSPS) is 26.7.